The molecule has 1 saturated heterocycles. The summed E-state index contributed by atoms with van der Waals surface area (Å²) in [5.41, 5.74) is 0. The molecule has 2 heteroatoms. The van der Waals surface area contributed by atoms with E-state index in [1.54, 1.807) is 0 Å². The predicted octanol–water partition coefficient (Wildman–Crippen LogP) is 2.37. The van der Waals surface area contributed by atoms with Crippen molar-refractivity contribution in [1.29, 1.82) is 0 Å². The second-order valence-electron chi connectivity index (χ2n) is 3.51. The molecule has 0 radical (unpaired) electrons. The van der Waals surface area contributed by atoms with E-state index < -0.39 is 0 Å². The minimum absolute atomic E-state index is 0.188. The lowest BCUT2D eigenvalue weighted by atomic mass is 10.0. The van der Waals surface area contributed by atoms with Crippen LogP contribution in [0.15, 0.2) is 0 Å². The first-order valence-corrected chi connectivity index (χ1v) is 6.31. The minimum atomic E-state index is 0.188. The zero-order valence-electron chi connectivity index (χ0n) is 7.30. The molecule has 1 atom stereocenters. The lowest BCUT2D eigenvalue weighted by molar-refractivity contribution is 0.295. The van der Waals surface area contributed by atoms with Crippen molar-refractivity contribution in [3.8, 4) is 0 Å². The summed E-state index contributed by atoms with van der Waals surface area (Å²) in [5, 5.41) is 0. The number of nitrogens with zero attached hydrogens (tertiary/aromatic N) is 1. The third-order valence-electron chi connectivity index (χ3n) is 2.20. The molecule has 60 valence electrons. The zero-order valence-corrected chi connectivity index (χ0v) is 8.19. The van der Waals surface area contributed by atoms with Gasteiger partial charge in [0.25, 0.3) is 0 Å². The maximum Gasteiger partial charge on any atom is 0.00465 e. The van der Waals surface area contributed by atoms with Crippen LogP contribution in [0.4, 0.5) is 0 Å². The van der Waals surface area contributed by atoms with Crippen LogP contribution in [0.3, 0.4) is 0 Å². The fourth-order valence-electron chi connectivity index (χ4n) is 1.53. The summed E-state index contributed by atoms with van der Waals surface area (Å²) in [7, 11) is 0.188. The molecule has 0 aromatic rings. The predicted molar refractivity (Wildman–Crippen MR) is 48.7 cm³/mol. The van der Waals surface area contributed by atoms with E-state index in [9.17, 15) is 0 Å². The van der Waals surface area contributed by atoms with Crippen LogP contribution in [0.1, 0.15) is 19.8 Å². The largest absolute Gasteiger partial charge is 0.282 e. The van der Waals surface area contributed by atoms with Gasteiger partial charge in [-0.2, -0.15) is 0 Å². The first-order chi connectivity index (χ1) is 4.70. The summed E-state index contributed by atoms with van der Waals surface area (Å²) in [6.45, 7) is 9.77. The molecule has 1 aliphatic heterocycles. The van der Waals surface area contributed by atoms with Crippen molar-refractivity contribution in [2.45, 2.75) is 19.8 Å². The maximum atomic E-state index is 2.64. The molecule has 1 unspecified atom stereocenters. The van der Waals surface area contributed by atoms with Crippen molar-refractivity contribution in [3.63, 3.8) is 0 Å². The van der Waals surface area contributed by atoms with E-state index in [2.05, 4.69) is 24.9 Å². The van der Waals surface area contributed by atoms with E-state index in [0.29, 0.717) is 0 Å². The second-order valence-corrected chi connectivity index (χ2v) is 5.77. The Morgan fingerprint density at radius 2 is 2.10 bits per heavy atom. The molecular formula is C8H18NP. The van der Waals surface area contributed by atoms with Gasteiger partial charge in [-0.25, -0.2) is 0 Å². The lowest BCUT2D eigenvalue weighted by Crippen LogP contribution is -2.29. The highest BCUT2D eigenvalue weighted by Gasteiger charge is 2.17. The summed E-state index contributed by atoms with van der Waals surface area (Å²) in [6, 6.07) is 0. The Kier molecular flexibility index (Phi) is 3.13. The van der Waals surface area contributed by atoms with Crippen LogP contribution in [0.5, 0.6) is 0 Å². The van der Waals surface area contributed by atoms with Gasteiger partial charge in [0.15, 0.2) is 0 Å². The average Bonchev–Trinajstić information content (AvgIpc) is 1.88. The van der Waals surface area contributed by atoms with Crippen molar-refractivity contribution in [3.05, 3.63) is 0 Å². The fourth-order valence-corrected chi connectivity index (χ4v) is 2.67. The summed E-state index contributed by atoms with van der Waals surface area (Å²) >= 11 is 0. The third kappa shape index (κ3) is 2.21. The molecule has 0 aliphatic carbocycles. The number of hydrogen-bond acceptors (Lipinski definition) is 1. The number of piperidine rings is 1. The molecule has 1 heterocycles. The quantitative estimate of drug-likeness (QED) is 0.531. The van der Waals surface area contributed by atoms with E-state index in [1.165, 1.54) is 25.9 Å². The highest BCUT2D eigenvalue weighted by Crippen LogP contribution is 2.35. The molecule has 1 rings (SSSR count). The van der Waals surface area contributed by atoms with Crippen LogP contribution >= 0.6 is 8.07 Å². The van der Waals surface area contributed by atoms with Crippen molar-refractivity contribution in [2.24, 2.45) is 5.92 Å². The van der Waals surface area contributed by atoms with Gasteiger partial charge >= 0.3 is 0 Å². The normalized spacial score (nSPS) is 29.4. The van der Waals surface area contributed by atoms with Crippen molar-refractivity contribution < 1.29 is 0 Å². The lowest BCUT2D eigenvalue weighted by Gasteiger charge is -2.33. The molecule has 0 spiro atoms. The fraction of sp³-hybridized carbons (Fsp3) is 1.00. The Hall–Kier alpha value is 0.390. The smallest absolute Gasteiger partial charge is 0.00465 e. The highest BCUT2D eigenvalue weighted by molar-refractivity contribution is 7.53. The van der Waals surface area contributed by atoms with Crippen molar-refractivity contribution in [1.82, 2.24) is 4.67 Å². The van der Waals surface area contributed by atoms with E-state index in [1.807, 2.05) is 0 Å². The molecule has 0 aromatic heterocycles. The molecule has 0 saturated carbocycles. The Balaban J connectivity index is 2.32. The van der Waals surface area contributed by atoms with Gasteiger partial charge in [-0.05, 0) is 40.2 Å². The van der Waals surface area contributed by atoms with Crippen LogP contribution in [-0.2, 0) is 0 Å². The molecule has 1 aliphatic rings. The third-order valence-corrected chi connectivity index (χ3v) is 3.70. The van der Waals surface area contributed by atoms with Crippen LogP contribution < -0.4 is 0 Å². The molecule has 0 amide bonds. The monoisotopic (exact) mass is 159 g/mol. The minimum Gasteiger partial charge on any atom is -0.282 e. The topological polar surface area (TPSA) is 3.24 Å². The Morgan fingerprint density at radius 1 is 1.40 bits per heavy atom. The van der Waals surface area contributed by atoms with Crippen LogP contribution in [0.2, 0.25) is 0 Å². The SMILES string of the molecule is CC1CCCN(P(C)C)C1. The van der Waals surface area contributed by atoms with Crippen LogP contribution in [0.25, 0.3) is 0 Å². The molecule has 0 N–H and O–H groups in total. The van der Waals surface area contributed by atoms with Gasteiger partial charge in [0, 0.05) is 13.1 Å². The zero-order chi connectivity index (χ0) is 7.56. The summed E-state index contributed by atoms with van der Waals surface area (Å²) in [5.74, 6) is 0.943. The first-order valence-electron chi connectivity index (χ1n) is 4.12. The first kappa shape index (κ1) is 8.49. The molecule has 0 aromatic carbocycles. The van der Waals surface area contributed by atoms with Gasteiger partial charge in [-0.15, -0.1) is 0 Å². The molecule has 1 fully saturated rings. The van der Waals surface area contributed by atoms with Gasteiger partial charge in [-0.3, -0.25) is 4.67 Å². The van der Waals surface area contributed by atoms with Gasteiger partial charge in [0.05, 0.1) is 0 Å². The van der Waals surface area contributed by atoms with Crippen molar-refractivity contribution in [2.75, 3.05) is 26.4 Å². The van der Waals surface area contributed by atoms with Crippen LogP contribution in [-0.4, -0.2) is 31.1 Å². The van der Waals surface area contributed by atoms with Crippen LogP contribution in [0, 0.1) is 5.92 Å². The highest BCUT2D eigenvalue weighted by atomic mass is 31.1. The van der Waals surface area contributed by atoms with Gasteiger partial charge in [0.2, 0.25) is 0 Å². The molecule has 10 heavy (non-hydrogen) atoms. The van der Waals surface area contributed by atoms with E-state index in [4.69, 9.17) is 0 Å². The Morgan fingerprint density at radius 3 is 2.50 bits per heavy atom. The summed E-state index contributed by atoms with van der Waals surface area (Å²) in [6.07, 6.45) is 2.86. The number of rotatable bonds is 1. The molecule has 0 bridgehead atoms. The summed E-state index contributed by atoms with van der Waals surface area (Å²) < 4.78 is 2.64. The average molecular weight is 159 g/mol. The Bertz CT molecular complexity index is 103. The van der Waals surface area contributed by atoms with E-state index in [0.717, 1.165) is 5.92 Å². The molecule has 1 nitrogen and oxygen atoms in total. The number of hydrogen-bond donors (Lipinski definition) is 0. The van der Waals surface area contributed by atoms with Gasteiger partial charge < -0.3 is 0 Å². The van der Waals surface area contributed by atoms with E-state index >= 15 is 0 Å². The second kappa shape index (κ2) is 3.69. The maximum absolute atomic E-state index is 2.64. The molecular weight excluding hydrogens is 141 g/mol. The summed E-state index contributed by atoms with van der Waals surface area (Å²) in [4.78, 5) is 0. The van der Waals surface area contributed by atoms with Crippen molar-refractivity contribution >= 4 is 8.07 Å². The van der Waals surface area contributed by atoms with Gasteiger partial charge in [-0.1, -0.05) is 6.92 Å². The van der Waals surface area contributed by atoms with E-state index in [-0.39, 0.29) is 8.07 Å². The van der Waals surface area contributed by atoms with Gasteiger partial charge in [0.1, 0.15) is 0 Å². The standard InChI is InChI=1S/C8H18NP/c1-8-5-4-6-9(7-8)10(2)3/h8H,4-7H2,1-3H3. The Labute approximate surface area is 65.6 Å².